The van der Waals surface area contributed by atoms with Crippen molar-refractivity contribution >= 4 is 0 Å². The van der Waals surface area contributed by atoms with Crippen LogP contribution < -0.4 is 5.73 Å². The Balaban J connectivity index is 2.09. The van der Waals surface area contributed by atoms with E-state index < -0.39 is 0 Å². The van der Waals surface area contributed by atoms with Crippen LogP contribution in [0.15, 0.2) is 18.6 Å². The van der Waals surface area contributed by atoms with E-state index in [9.17, 15) is 0 Å². The zero-order chi connectivity index (χ0) is 7.68. The zero-order valence-corrected chi connectivity index (χ0v) is 6.27. The van der Waals surface area contributed by atoms with Gasteiger partial charge >= 0.3 is 0 Å². The highest BCUT2D eigenvalue weighted by Crippen LogP contribution is 2.45. The normalized spacial score (nSPS) is 28.5. The minimum Gasteiger partial charge on any atom is -0.330 e. The molecule has 3 heteroatoms. The lowest BCUT2D eigenvalue weighted by atomic mass is 10.2. The number of hydrogen-bond donors (Lipinski definition) is 1. The molecule has 0 bridgehead atoms. The Kier molecular flexibility index (Phi) is 1.58. The number of aromatic nitrogens is 2. The highest BCUT2D eigenvalue weighted by molar-refractivity contribution is 5.15. The summed E-state index contributed by atoms with van der Waals surface area (Å²) in [5, 5.41) is 0. The van der Waals surface area contributed by atoms with E-state index >= 15 is 0 Å². The summed E-state index contributed by atoms with van der Waals surface area (Å²) in [6.45, 7) is 0.786. The Morgan fingerprint density at radius 1 is 1.64 bits per heavy atom. The third-order valence-electron chi connectivity index (χ3n) is 2.21. The van der Waals surface area contributed by atoms with Crippen molar-refractivity contribution in [2.45, 2.75) is 12.3 Å². The fourth-order valence-corrected chi connectivity index (χ4v) is 1.39. The molecule has 2 unspecified atom stereocenters. The molecular weight excluding hydrogens is 138 g/mol. The predicted octanol–water partition coefficient (Wildman–Crippen LogP) is 0.539. The van der Waals surface area contributed by atoms with Gasteiger partial charge in [0.15, 0.2) is 0 Å². The maximum absolute atomic E-state index is 5.52. The van der Waals surface area contributed by atoms with Gasteiger partial charge in [-0.2, -0.15) is 0 Å². The van der Waals surface area contributed by atoms with Crippen LogP contribution in [-0.2, 0) is 0 Å². The third kappa shape index (κ3) is 1.24. The zero-order valence-electron chi connectivity index (χ0n) is 6.27. The van der Waals surface area contributed by atoms with E-state index in [1.165, 1.54) is 6.42 Å². The van der Waals surface area contributed by atoms with Crippen LogP contribution in [0.2, 0.25) is 0 Å². The van der Waals surface area contributed by atoms with Crippen molar-refractivity contribution < 1.29 is 0 Å². The molecule has 1 heterocycles. The lowest BCUT2D eigenvalue weighted by molar-refractivity contribution is 0.794. The summed E-state index contributed by atoms with van der Waals surface area (Å²) < 4.78 is 0. The second-order valence-corrected chi connectivity index (χ2v) is 2.97. The van der Waals surface area contributed by atoms with Crippen LogP contribution in [0.4, 0.5) is 0 Å². The summed E-state index contributed by atoms with van der Waals surface area (Å²) in [7, 11) is 0. The molecule has 11 heavy (non-hydrogen) atoms. The second-order valence-electron chi connectivity index (χ2n) is 2.97. The summed E-state index contributed by atoms with van der Waals surface area (Å²) in [6.07, 6.45) is 4.59. The molecule has 2 rings (SSSR count). The van der Waals surface area contributed by atoms with Gasteiger partial charge in [-0.3, -0.25) is 0 Å². The van der Waals surface area contributed by atoms with Crippen molar-refractivity contribution in [1.82, 2.24) is 9.97 Å². The number of nitrogens with two attached hydrogens (primary N) is 1. The number of nitrogens with zero attached hydrogens (tertiary/aromatic N) is 2. The van der Waals surface area contributed by atoms with Gasteiger partial charge in [0.25, 0.3) is 0 Å². The van der Waals surface area contributed by atoms with Crippen molar-refractivity contribution in [2.24, 2.45) is 11.7 Å². The van der Waals surface area contributed by atoms with Gasteiger partial charge in [-0.1, -0.05) is 0 Å². The van der Waals surface area contributed by atoms with Crippen LogP contribution >= 0.6 is 0 Å². The van der Waals surface area contributed by atoms with Gasteiger partial charge < -0.3 is 5.73 Å². The lowest BCUT2D eigenvalue weighted by Gasteiger charge is -1.94. The van der Waals surface area contributed by atoms with Crippen molar-refractivity contribution in [3.8, 4) is 0 Å². The Morgan fingerprint density at radius 2 is 2.55 bits per heavy atom. The van der Waals surface area contributed by atoms with Crippen LogP contribution in [0.5, 0.6) is 0 Å². The molecule has 3 nitrogen and oxygen atoms in total. The van der Waals surface area contributed by atoms with E-state index in [4.69, 9.17) is 5.73 Å². The fourth-order valence-electron chi connectivity index (χ4n) is 1.39. The van der Waals surface area contributed by atoms with E-state index in [2.05, 4.69) is 9.97 Å². The molecule has 1 aromatic heterocycles. The van der Waals surface area contributed by atoms with Crippen molar-refractivity contribution in [3.05, 3.63) is 24.3 Å². The van der Waals surface area contributed by atoms with Crippen molar-refractivity contribution in [3.63, 3.8) is 0 Å². The Hall–Kier alpha value is -0.960. The summed E-state index contributed by atoms with van der Waals surface area (Å²) in [6, 6.07) is 1.97. The first kappa shape index (κ1) is 6.73. The Morgan fingerprint density at radius 3 is 3.09 bits per heavy atom. The van der Waals surface area contributed by atoms with Crippen LogP contribution in [-0.4, -0.2) is 16.5 Å². The van der Waals surface area contributed by atoms with Gasteiger partial charge in [-0.05, 0) is 24.9 Å². The molecule has 0 aliphatic heterocycles. The Bertz CT molecular complexity index is 234. The van der Waals surface area contributed by atoms with E-state index in [1.807, 2.05) is 6.07 Å². The van der Waals surface area contributed by atoms with Crippen LogP contribution in [0.25, 0.3) is 0 Å². The van der Waals surface area contributed by atoms with Gasteiger partial charge in [0.2, 0.25) is 0 Å². The van der Waals surface area contributed by atoms with Gasteiger partial charge in [-0.15, -0.1) is 0 Å². The monoisotopic (exact) mass is 149 g/mol. The molecule has 2 N–H and O–H groups in total. The summed E-state index contributed by atoms with van der Waals surface area (Å²) >= 11 is 0. The molecular formula is C8H11N3. The first-order valence-electron chi connectivity index (χ1n) is 3.88. The molecule has 1 aromatic rings. The van der Waals surface area contributed by atoms with E-state index in [1.54, 1.807) is 12.5 Å². The largest absolute Gasteiger partial charge is 0.330 e. The molecule has 0 spiro atoms. The predicted molar refractivity (Wildman–Crippen MR) is 41.9 cm³/mol. The third-order valence-corrected chi connectivity index (χ3v) is 2.21. The van der Waals surface area contributed by atoms with E-state index in [0.717, 1.165) is 12.2 Å². The maximum Gasteiger partial charge on any atom is 0.115 e. The van der Waals surface area contributed by atoms with Gasteiger partial charge in [-0.25, -0.2) is 9.97 Å². The highest BCUT2D eigenvalue weighted by Gasteiger charge is 2.37. The smallest absolute Gasteiger partial charge is 0.115 e. The SMILES string of the molecule is NCC1CC1c1ccncn1. The number of rotatable bonds is 2. The quantitative estimate of drug-likeness (QED) is 0.667. The standard InChI is InChI=1S/C8H11N3/c9-4-6-3-7(6)8-1-2-10-5-11-8/h1-2,5-7H,3-4,9H2. The molecule has 0 aromatic carbocycles. The van der Waals surface area contributed by atoms with Gasteiger partial charge in [0.05, 0.1) is 0 Å². The first-order valence-corrected chi connectivity index (χ1v) is 3.88. The first-order chi connectivity index (χ1) is 5.42. The lowest BCUT2D eigenvalue weighted by Crippen LogP contribution is -2.02. The molecule has 0 amide bonds. The Labute approximate surface area is 65.7 Å². The van der Waals surface area contributed by atoms with Gasteiger partial charge in [0, 0.05) is 17.8 Å². The summed E-state index contributed by atoms with van der Waals surface area (Å²) in [5.74, 6) is 1.29. The average Bonchev–Trinajstić information content (AvgIpc) is 2.85. The van der Waals surface area contributed by atoms with E-state index in [0.29, 0.717) is 11.8 Å². The maximum atomic E-state index is 5.52. The summed E-state index contributed by atoms with van der Waals surface area (Å²) in [4.78, 5) is 8.04. The molecule has 1 saturated carbocycles. The molecule has 1 aliphatic carbocycles. The fraction of sp³-hybridized carbons (Fsp3) is 0.500. The highest BCUT2D eigenvalue weighted by atomic mass is 14.8. The van der Waals surface area contributed by atoms with Crippen LogP contribution in [0.1, 0.15) is 18.0 Å². The van der Waals surface area contributed by atoms with E-state index in [-0.39, 0.29) is 0 Å². The molecule has 0 radical (unpaired) electrons. The molecule has 1 aliphatic rings. The van der Waals surface area contributed by atoms with Crippen molar-refractivity contribution in [1.29, 1.82) is 0 Å². The molecule has 1 fully saturated rings. The van der Waals surface area contributed by atoms with Crippen LogP contribution in [0, 0.1) is 5.92 Å². The summed E-state index contributed by atoms with van der Waals surface area (Å²) in [5.41, 5.74) is 6.67. The minimum atomic E-state index is 0.614. The number of hydrogen-bond acceptors (Lipinski definition) is 3. The molecule has 58 valence electrons. The molecule has 2 atom stereocenters. The van der Waals surface area contributed by atoms with Gasteiger partial charge in [0.1, 0.15) is 6.33 Å². The second kappa shape index (κ2) is 2.58. The topological polar surface area (TPSA) is 51.8 Å². The van der Waals surface area contributed by atoms with Crippen molar-refractivity contribution in [2.75, 3.05) is 6.54 Å². The minimum absolute atomic E-state index is 0.614. The average molecular weight is 149 g/mol. The van der Waals surface area contributed by atoms with Crippen LogP contribution in [0.3, 0.4) is 0 Å². The molecule has 0 saturated heterocycles.